The lowest BCUT2D eigenvalue weighted by Gasteiger charge is -2.27. The lowest BCUT2D eigenvalue weighted by Crippen LogP contribution is -2.45. The van der Waals surface area contributed by atoms with Crippen molar-refractivity contribution in [2.45, 2.75) is 45.3 Å². The molecule has 1 aliphatic heterocycles. The highest BCUT2D eigenvalue weighted by Gasteiger charge is 2.38. The second-order valence-corrected chi connectivity index (χ2v) is 5.52. The molecule has 1 amide bonds. The van der Waals surface area contributed by atoms with E-state index in [1.54, 1.807) is 20.8 Å². The van der Waals surface area contributed by atoms with Crippen LogP contribution in [0.3, 0.4) is 0 Å². The van der Waals surface area contributed by atoms with Crippen LogP contribution in [0.5, 0.6) is 0 Å². The number of nitrogens with zero attached hydrogens (tertiary/aromatic N) is 1. The van der Waals surface area contributed by atoms with Crippen LogP contribution in [-0.2, 0) is 14.3 Å². The summed E-state index contributed by atoms with van der Waals surface area (Å²) in [4.78, 5) is 36.3. The van der Waals surface area contributed by atoms with Gasteiger partial charge in [0.1, 0.15) is 11.6 Å². The van der Waals surface area contributed by atoms with Gasteiger partial charge in [-0.05, 0) is 33.6 Å². The first kappa shape index (κ1) is 15.0. The minimum Gasteiger partial charge on any atom is -0.444 e. The minimum absolute atomic E-state index is 0.350. The van der Waals surface area contributed by atoms with Gasteiger partial charge in [-0.2, -0.15) is 0 Å². The quantitative estimate of drug-likeness (QED) is 0.582. The predicted octanol–water partition coefficient (Wildman–Crippen LogP) is 1.76. The second kappa shape index (κ2) is 5.69. The van der Waals surface area contributed by atoms with Crippen molar-refractivity contribution in [1.29, 1.82) is 0 Å². The number of ether oxygens (including phenoxy) is 1. The van der Waals surface area contributed by atoms with E-state index in [2.05, 4.69) is 0 Å². The summed E-state index contributed by atoms with van der Waals surface area (Å²) < 4.78 is 5.21. The molecule has 0 bridgehead atoms. The fourth-order valence-corrected chi connectivity index (χ4v) is 1.96. The zero-order valence-corrected chi connectivity index (χ0v) is 11.6. The van der Waals surface area contributed by atoms with E-state index in [1.807, 2.05) is 0 Å². The Morgan fingerprint density at radius 1 is 1.33 bits per heavy atom. The van der Waals surface area contributed by atoms with Crippen molar-refractivity contribution in [3.05, 3.63) is 0 Å². The van der Waals surface area contributed by atoms with Crippen LogP contribution in [0.2, 0.25) is 0 Å². The highest BCUT2D eigenvalue weighted by molar-refractivity contribution is 6.48. The largest absolute Gasteiger partial charge is 0.444 e. The van der Waals surface area contributed by atoms with Crippen LogP contribution >= 0.6 is 11.6 Å². The van der Waals surface area contributed by atoms with Gasteiger partial charge < -0.3 is 4.74 Å². The maximum atomic E-state index is 11.9. The number of amides is 1. The summed E-state index contributed by atoms with van der Waals surface area (Å²) in [7, 11) is 0. The number of rotatable bonds is 3. The number of hydrogen-bond donors (Lipinski definition) is 0. The Hall–Kier alpha value is -1.10. The van der Waals surface area contributed by atoms with Crippen molar-refractivity contribution < 1.29 is 19.1 Å². The van der Waals surface area contributed by atoms with Crippen LogP contribution in [0.1, 0.15) is 33.6 Å². The first-order chi connectivity index (χ1) is 8.26. The maximum Gasteiger partial charge on any atom is 0.410 e. The fourth-order valence-electron chi connectivity index (χ4n) is 1.83. The van der Waals surface area contributed by atoms with Crippen molar-refractivity contribution in [2.75, 3.05) is 12.4 Å². The van der Waals surface area contributed by atoms with Crippen molar-refractivity contribution in [3.63, 3.8) is 0 Å². The third kappa shape index (κ3) is 3.70. The van der Waals surface area contributed by atoms with Gasteiger partial charge >= 0.3 is 6.09 Å². The van der Waals surface area contributed by atoms with Gasteiger partial charge in [0.15, 0.2) is 0 Å². The molecule has 0 N–H and O–H groups in total. The van der Waals surface area contributed by atoms with E-state index in [0.29, 0.717) is 19.4 Å². The molecule has 0 unspecified atom stereocenters. The Kier molecular flexibility index (Phi) is 4.73. The minimum atomic E-state index is -0.717. The van der Waals surface area contributed by atoms with Crippen molar-refractivity contribution >= 4 is 29.3 Å². The second-order valence-electron chi connectivity index (χ2n) is 5.25. The topological polar surface area (TPSA) is 63.7 Å². The summed E-state index contributed by atoms with van der Waals surface area (Å²) in [5.41, 5.74) is -0.621. The zero-order chi connectivity index (χ0) is 13.9. The van der Waals surface area contributed by atoms with E-state index in [4.69, 9.17) is 16.3 Å². The number of likely N-dealkylation sites (tertiary alicyclic amines) is 1. The molecule has 0 aliphatic carbocycles. The average Bonchev–Trinajstić information content (AvgIpc) is 2.73. The fraction of sp³-hybridized carbons (Fsp3) is 0.750. The van der Waals surface area contributed by atoms with Gasteiger partial charge in [0.05, 0.1) is 5.88 Å². The SMILES string of the molecule is CC(C)(C)OC(=O)N1CCC[C@@H]1C(=O)C(=O)CCl. The zero-order valence-electron chi connectivity index (χ0n) is 10.9. The molecule has 0 aromatic rings. The Balaban J connectivity index is 2.73. The molecule has 6 heteroatoms. The van der Waals surface area contributed by atoms with E-state index < -0.39 is 29.3 Å². The van der Waals surface area contributed by atoms with Gasteiger partial charge in [-0.15, -0.1) is 11.6 Å². The molecule has 5 nitrogen and oxygen atoms in total. The summed E-state index contributed by atoms with van der Waals surface area (Å²) in [5, 5.41) is 0. The average molecular weight is 276 g/mol. The van der Waals surface area contributed by atoms with E-state index in [9.17, 15) is 14.4 Å². The Morgan fingerprint density at radius 2 is 1.94 bits per heavy atom. The molecule has 1 aliphatic rings. The molecule has 0 spiro atoms. The molecule has 0 saturated carbocycles. The number of carbonyl (C=O) groups is 3. The highest BCUT2D eigenvalue weighted by atomic mass is 35.5. The van der Waals surface area contributed by atoms with Crippen LogP contribution in [0.25, 0.3) is 0 Å². The third-order valence-corrected chi connectivity index (χ3v) is 2.82. The summed E-state index contributed by atoms with van der Waals surface area (Å²) in [5.74, 6) is -1.61. The molecule has 1 heterocycles. The summed E-state index contributed by atoms with van der Waals surface area (Å²) in [6.45, 7) is 5.69. The number of halogens is 1. The summed E-state index contributed by atoms with van der Waals surface area (Å²) in [6, 6.07) is -0.717. The van der Waals surface area contributed by atoms with Crippen LogP contribution in [-0.4, -0.2) is 46.6 Å². The molecule has 1 rings (SSSR count). The van der Waals surface area contributed by atoms with Crippen LogP contribution < -0.4 is 0 Å². The molecule has 1 fully saturated rings. The smallest absolute Gasteiger partial charge is 0.410 e. The molecule has 0 radical (unpaired) electrons. The van der Waals surface area contributed by atoms with E-state index >= 15 is 0 Å². The number of ketones is 2. The molecule has 1 atom stereocenters. The monoisotopic (exact) mass is 275 g/mol. The Morgan fingerprint density at radius 3 is 2.44 bits per heavy atom. The maximum absolute atomic E-state index is 11.9. The molecule has 0 aromatic carbocycles. The van der Waals surface area contributed by atoms with E-state index in [0.717, 1.165) is 0 Å². The van der Waals surface area contributed by atoms with Crippen molar-refractivity contribution in [1.82, 2.24) is 4.90 Å². The number of hydrogen-bond acceptors (Lipinski definition) is 4. The van der Waals surface area contributed by atoms with Gasteiger partial charge in [0.25, 0.3) is 0 Å². The van der Waals surface area contributed by atoms with E-state index in [-0.39, 0.29) is 5.88 Å². The van der Waals surface area contributed by atoms with Gasteiger partial charge in [0, 0.05) is 6.54 Å². The Bertz CT molecular complexity index is 362. The lowest BCUT2D eigenvalue weighted by atomic mass is 10.1. The van der Waals surface area contributed by atoms with Crippen LogP contribution in [0.15, 0.2) is 0 Å². The normalized spacial score (nSPS) is 19.8. The summed E-state index contributed by atoms with van der Waals surface area (Å²) >= 11 is 5.35. The predicted molar refractivity (Wildman–Crippen MR) is 66.7 cm³/mol. The van der Waals surface area contributed by atoms with Crippen molar-refractivity contribution in [2.24, 2.45) is 0 Å². The van der Waals surface area contributed by atoms with Gasteiger partial charge in [-0.3, -0.25) is 14.5 Å². The molecule has 102 valence electrons. The first-order valence-corrected chi connectivity index (χ1v) is 6.42. The molecule has 1 saturated heterocycles. The third-order valence-electron chi connectivity index (χ3n) is 2.58. The number of alkyl halides is 1. The van der Waals surface area contributed by atoms with Crippen LogP contribution in [0, 0.1) is 0 Å². The molecule has 18 heavy (non-hydrogen) atoms. The highest BCUT2D eigenvalue weighted by Crippen LogP contribution is 2.21. The number of carbonyl (C=O) groups excluding carboxylic acids is 3. The lowest BCUT2D eigenvalue weighted by molar-refractivity contribution is -0.137. The van der Waals surface area contributed by atoms with Gasteiger partial charge in [-0.25, -0.2) is 4.79 Å². The molecule has 0 aromatic heterocycles. The Labute approximate surface area is 111 Å². The molecular weight excluding hydrogens is 258 g/mol. The van der Waals surface area contributed by atoms with E-state index in [1.165, 1.54) is 4.90 Å². The van der Waals surface area contributed by atoms with Gasteiger partial charge in [-0.1, -0.05) is 0 Å². The van der Waals surface area contributed by atoms with Crippen molar-refractivity contribution in [3.8, 4) is 0 Å². The summed E-state index contributed by atoms with van der Waals surface area (Å²) in [6.07, 6.45) is 0.618. The molecular formula is C12H18ClNO4. The van der Waals surface area contributed by atoms with Crippen LogP contribution in [0.4, 0.5) is 4.79 Å². The van der Waals surface area contributed by atoms with Gasteiger partial charge in [0.2, 0.25) is 11.6 Å². The standard InChI is InChI=1S/C12H18ClNO4/c1-12(2,3)18-11(17)14-6-4-5-8(14)10(16)9(15)7-13/h8H,4-7H2,1-3H3/t8-/m1/s1. The number of Topliss-reactive ketones (excluding diaryl/α,β-unsaturated/α-hetero) is 2. The first-order valence-electron chi connectivity index (χ1n) is 5.89.